The number of halogens is 3. The second-order valence-corrected chi connectivity index (χ2v) is 8.15. The fourth-order valence-corrected chi connectivity index (χ4v) is 4.35. The third-order valence-corrected chi connectivity index (χ3v) is 6.19. The molecule has 1 aromatic carbocycles. The molecule has 0 unspecified atom stereocenters. The predicted octanol–water partition coefficient (Wildman–Crippen LogP) is 3.08. The summed E-state index contributed by atoms with van der Waals surface area (Å²) in [5.74, 6) is -1.06. The largest absolute Gasteiger partial charge is 0.573 e. The Labute approximate surface area is 167 Å². The zero-order valence-corrected chi connectivity index (χ0v) is 16.8. The third kappa shape index (κ3) is 6.36. The van der Waals surface area contributed by atoms with E-state index in [1.54, 1.807) is 13.0 Å². The van der Waals surface area contributed by atoms with E-state index in [4.69, 9.17) is 9.47 Å². The van der Waals surface area contributed by atoms with E-state index in [1.807, 2.05) is 0 Å². The molecule has 29 heavy (non-hydrogen) atoms. The molecule has 0 amide bonds. The van der Waals surface area contributed by atoms with E-state index in [9.17, 15) is 26.4 Å². The first-order chi connectivity index (χ1) is 13.6. The van der Waals surface area contributed by atoms with Crippen molar-refractivity contribution in [3.63, 3.8) is 0 Å². The molecule has 162 valence electrons. The lowest BCUT2D eigenvalue weighted by Gasteiger charge is -2.30. The highest BCUT2D eigenvalue weighted by atomic mass is 32.2. The number of rotatable bonds is 7. The van der Waals surface area contributed by atoms with Crippen molar-refractivity contribution in [2.75, 3.05) is 26.8 Å². The van der Waals surface area contributed by atoms with E-state index < -0.39 is 28.1 Å². The maximum Gasteiger partial charge on any atom is 0.573 e. The Bertz CT molecular complexity index is 828. The van der Waals surface area contributed by atoms with Crippen LogP contribution in [-0.4, -0.2) is 51.9 Å². The summed E-state index contributed by atoms with van der Waals surface area (Å²) in [6, 6.07) is 4.07. The average molecular weight is 437 g/mol. The number of carbonyl (C=O) groups excluding carboxylic acids is 1. The third-order valence-electron chi connectivity index (χ3n) is 4.28. The van der Waals surface area contributed by atoms with Crippen LogP contribution in [0.4, 0.5) is 13.2 Å². The van der Waals surface area contributed by atoms with Gasteiger partial charge in [-0.3, -0.25) is 0 Å². The fraction of sp³-hybridized carbons (Fsp3) is 0.500. The van der Waals surface area contributed by atoms with Crippen molar-refractivity contribution in [2.45, 2.75) is 31.0 Å². The highest BCUT2D eigenvalue weighted by Gasteiger charge is 2.32. The number of carbonyl (C=O) groups is 1. The molecule has 0 bridgehead atoms. The monoisotopic (exact) mass is 437 g/mol. The Morgan fingerprint density at radius 3 is 2.28 bits per heavy atom. The van der Waals surface area contributed by atoms with Crippen molar-refractivity contribution in [1.82, 2.24) is 4.31 Å². The molecule has 0 N–H and O–H groups in total. The molecule has 7 nitrogen and oxygen atoms in total. The molecule has 0 aliphatic carbocycles. The minimum atomic E-state index is -4.85. The van der Waals surface area contributed by atoms with E-state index in [0.29, 0.717) is 12.8 Å². The highest BCUT2D eigenvalue weighted by molar-refractivity contribution is 7.89. The summed E-state index contributed by atoms with van der Waals surface area (Å²) in [5.41, 5.74) is 0. The van der Waals surface area contributed by atoms with Gasteiger partial charge in [0.1, 0.15) is 5.75 Å². The van der Waals surface area contributed by atoms with Crippen molar-refractivity contribution in [2.24, 2.45) is 5.92 Å². The van der Waals surface area contributed by atoms with Gasteiger partial charge in [-0.2, -0.15) is 4.31 Å². The lowest BCUT2D eigenvalue weighted by Crippen LogP contribution is -2.38. The molecule has 11 heteroatoms. The zero-order valence-electron chi connectivity index (χ0n) is 15.9. The molecule has 1 saturated heterocycles. The van der Waals surface area contributed by atoms with E-state index in [2.05, 4.69) is 4.74 Å². The molecule has 2 rings (SSSR count). The molecule has 0 saturated carbocycles. The summed E-state index contributed by atoms with van der Waals surface area (Å²) in [7, 11) is -2.50. The normalized spacial score (nSPS) is 17.1. The van der Waals surface area contributed by atoms with Crippen LogP contribution in [0.2, 0.25) is 0 Å². The Kier molecular flexibility index (Phi) is 7.53. The van der Waals surface area contributed by atoms with Crippen LogP contribution in [0.3, 0.4) is 0 Å². The summed E-state index contributed by atoms with van der Waals surface area (Å²) in [6.07, 6.45) is -2.30. The molecule has 1 aliphatic heterocycles. The zero-order chi connectivity index (χ0) is 21.7. The highest BCUT2D eigenvalue weighted by Crippen LogP contribution is 2.28. The molecule has 0 radical (unpaired) electrons. The second kappa shape index (κ2) is 9.49. The number of alkyl halides is 3. The van der Waals surface area contributed by atoms with E-state index >= 15 is 0 Å². The van der Waals surface area contributed by atoms with E-state index in [1.165, 1.54) is 11.4 Å². The first kappa shape index (κ1) is 23.0. The summed E-state index contributed by atoms with van der Waals surface area (Å²) >= 11 is 0. The Hall–Kier alpha value is -2.27. The summed E-state index contributed by atoms with van der Waals surface area (Å²) in [5, 5.41) is 0. The van der Waals surface area contributed by atoms with Crippen molar-refractivity contribution in [1.29, 1.82) is 0 Å². The average Bonchev–Trinajstić information content (AvgIpc) is 2.65. The number of ether oxygens (including phenoxy) is 3. The molecule has 0 aromatic heterocycles. The molecule has 1 heterocycles. The first-order valence-corrected chi connectivity index (χ1v) is 10.3. The number of sulfonamides is 1. The van der Waals surface area contributed by atoms with Gasteiger partial charge in [-0.05, 0) is 56.0 Å². The van der Waals surface area contributed by atoms with E-state index in [0.717, 1.165) is 24.3 Å². The lowest BCUT2D eigenvalue weighted by molar-refractivity contribution is -0.274. The van der Waals surface area contributed by atoms with Gasteiger partial charge in [0.15, 0.2) is 0 Å². The van der Waals surface area contributed by atoms with Gasteiger partial charge in [0.25, 0.3) is 0 Å². The van der Waals surface area contributed by atoms with Gasteiger partial charge in [0.2, 0.25) is 15.8 Å². The number of esters is 1. The number of hydrogen-bond acceptors (Lipinski definition) is 6. The van der Waals surface area contributed by atoms with Crippen LogP contribution in [0, 0.1) is 5.92 Å². The topological polar surface area (TPSA) is 82.1 Å². The number of benzene rings is 1. The smallest absolute Gasteiger partial charge is 0.490 e. The van der Waals surface area contributed by atoms with Crippen LogP contribution in [0.1, 0.15) is 19.8 Å². The van der Waals surface area contributed by atoms with Gasteiger partial charge in [0, 0.05) is 13.1 Å². The van der Waals surface area contributed by atoms with Gasteiger partial charge in [-0.15, -0.1) is 13.2 Å². The van der Waals surface area contributed by atoms with Gasteiger partial charge < -0.3 is 14.2 Å². The standard InChI is InChI=1S/C18H22F3NO6S/c1-3-27-17(23)16(26-2)12-13-8-10-22(11-9-13)29(24,25)15-6-4-14(5-7-15)28-18(19,20)21/h4-7,12-13H,3,8-11H2,1-2H3/b16-12+. The summed E-state index contributed by atoms with van der Waals surface area (Å²) in [4.78, 5) is 11.6. The minimum Gasteiger partial charge on any atom is -0.490 e. The van der Waals surface area contributed by atoms with Crippen LogP contribution in [0.15, 0.2) is 41.0 Å². The number of piperidine rings is 1. The SMILES string of the molecule is CCOC(=O)/C(=C\C1CCN(S(=O)(=O)c2ccc(OC(F)(F)F)cc2)CC1)OC. The molecule has 1 aliphatic rings. The van der Waals surface area contributed by atoms with Crippen molar-refractivity contribution >= 4 is 16.0 Å². The van der Waals surface area contributed by atoms with Crippen LogP contribution in [0.5, 0.6) is 5.75 Å². The molecule has 1 fully saturated rings. The van der Waals surface area contributed by atoms with Crippen LogP contribution in [-0.2, 0) is 24.3 Å². The summed E-state index contributed by atoms with van der Waals surface area (Å²) < 4.78 is 77.0. The van der Waals surface area contributed by atoms with Crippen LogP contribution < -0.4 is 4.74 Å². The first-order valence-electron chi connectivity index (χ1n) is 8.85. The van der Waals surface area contributed by atoms with Crippen LogP contribution >= 0.6 is 0 Å². The van der Waals surface area contributed by atoms with Crippen LogP contribution in [0.25, 0.3) is 0 Å². The number of nitrogens with zero attached hydrogens (tertiary/aromatic N) is 1. The number of hydrogen-bond donors (Lipinski definition) is 0. The maximum atomic E-state index is 12.7. The second-order valence-electron chi connectivity index (χ2n) is 6.22. The number of allylic oxidation sites excluding steroid dienone is 1. The minimum absolute atomic E-state index is 0.0663. The van der Waals surface area contributed by atoms with Crippen molar-refractivity contribution < 1.29 is 40.6 Å². The Morgan fingerprint density at radius 1 is 1.21 bits per heavy atom. The molecule has 0 spiro atoms. The quantitative estimate of drug-likeness (QED) is 0.371. The Morgan fingerprint density at radius 2 is 1.79 bits per heavy atom. The molecule has 1 aromatic rings. The van der Waals surface area contributed by atoms with Gasteiger partial charge in [0.05, 0.1) is 18.6 Å². The Balaban J connectivity index is 2.03. The van der Waals surface area contributed by atoms with Crippen molar-refractivity contribution in [3.8, 4) is 5.75 Å². The fourth-order valence-electron chi connectivity index (χ4n) is 2.88. The predicted molar refractivity (Wildman–Crippen MR) is 96.3 cm³/mol. The molecular weight excluding hydrogens is 415 g/mol. The summed E-state index contributed by atoms with van der Waals surface area (Å²) in [6.45, 7) is 2.29. The van der Waals surface area contributed by atoms with Crippen molar-refractivity contribution in [3.05, 3.63) is 36.1 Å². The number of methoxy groups -OCH3 is 1. The lowest BCUT2D eigenvalue weighted by atomic mass is 9.97. The van der Waals surface area contributed by atoms with Gasteiger partial charge in [-0.25, -0.2) is 13.2 Å². The maximum absolute atomic E-state index is 12.7. The molecular formula is C18H22F3NO6S. The molecule has 0 atom stereocenters. The van der Waals surface area contributed by atoms with E-state index in [-0.39, 0.29) is 36.3 Å². The van der Waals surface area contributed by atoms with Gasteiger partial charge in [-0.1, -0.05) is 0 Å². The van der Waals surface area contributed by atoms with Gasteiger partial charge >= 0.3 is 12.3 Å².